The molecule has 0 fully saturated rings. The van der Waals surface area contributed by atoms with Crippen molar-refractivity contribution in [2.45, 2.75) is 0 Å². The molecule has 1 aromatic carbocycles. The third-order valence-corrected chi connectivity index (χ3v) is 2.67. The number of nitrogens with two attached hydrogens (primary N) is 1. The van der Waals surface area contributed by atoms with Crippen LogP contribution in [0.5, 0.6) is 11.5 Å². The van der Waals surface area contributed by atoms with Crippen molar-refractivity contribution in [3.8, 4) is 22.8 Å². The molecule has 5 nitrogen and oxygen atoms in total. The van der Waals surface area contributed by atoms with Crippen LogP contribution in [0.25, 0.3) is 11.3 Å². The van der Waals surface area contributed by atoms with Crippen molar-refractivity contribution in [1.29, 1.82) is 0 Å². The number of nitrogen functional groups attached to an aromatic ring is 1. The molecule has 3 N–H and O–H groups in total. The van der Waals surface area contributed by atoms with Gasteiger partial charge in [0.1, 0.15) is 5.82 Å². The maximum absolute atomic E-state index is 6.13. The van der Waals surface area contributed by atoms with Gasteiger partial charge in [-0.15, -0.1) is 0 Å². The van der Waals surface area contributed by atoms with Crippen LogP contribution in [0.3, 0.4) is 0 Å². The second kappa shape index (κ2) is 3.31. The lowest BCUT2D eigenvalue weighted by atomic mass is 10.1. The van der Waals surface area contributed by atoms with E-state index < -0.39 is 0 Å². The van der Waals surface area contributed by atoms with E-state index in [1.54, 1.807) is 18.2 Å². The smallest absolute Gasteiger partial charge is 0.231 e. The Morgan fingerprint density at radius 2 is 2.25 bits per heavy atom. The van der Waals surface area contributed by atoms with Gasteiger partial charge in [-0.1, -0.05) is 11.6 Å². The highest BCUT2D eigenvalue weighted by molar-refractivity contribution is 6.33. The van der Waals surface area contributed by atoms with E-state index >= 15 is 0 Å². The molecule has 0 saturated carbocycles. The molecule has 0 unspecified atom stereocenters. The lowest BCUT2D eigenvalue weighted by molar-refractivity contribution is 0.174. The SMILES string of the molecule is Nc1cc(-c2c(Cl)ccc3c2OCO3)[nH]n1. The molecular formula is C10H8ClN3O2. The van der Waals surface area contributed by atoms with Gasteiger partial charge < -0.3 is 15.2 Å². The van der Waals surface area contributed by atoms with Crippen LogP contribution < -0.4 is 15.2 Å². The van der Waals surface area contributed by atoms with E-state index in [1.165, 1.54) is 0 Å². The molecule has 2 heterocycles. The Kier molecular flexibility index (Phi) is 1.94. The summed E-state index contributed by atoms with van der Waals surface area (Å²) in [4.78, 5) is 0. The highest BCUT2D eigenvalue weighted by Gasteiger charge is 2.22. The van der Waals surface area contributed by atoms with Crippen LogP contribution in [0.15, 0.2) is 18.2 Å². The molecule has 16 heavy (non-hydrogen) atoms. The fraction of sp³-hybridized carbons (Fsp3) is 0.100. The number of nitrogens with one attached hydrogen (secondary N) is 1. The predicted molar refractivity (Wildman–Crippen MR) is 59.6 cm³/mol. The molecule has 0 saturated heterocycles. The minimum atomic E-state index is 0.201. The topological polar surface area (TPSA) is 73.2 Å². The van der Waals surface area contributed by atoms with Crippen LogP contribution in [0.4, 0.5) is 5.82 Å². The van der Waals surface area contributed by atoms with E-state index in [1.807, 2.05) is 0 Å². The van der Waals surface area contributed by atoms with E-state index in [0.717, 1.165) is 5.56 Å². The lowest BCUT2D eigenvalue weighted by Gasteiger charge is -2.05. The number of rotatable bonds is 1. The monoisotopic (exact) mass is 237 g/mol. The standard InChI is InChI=1S/C10H8ClN3O2/c11-5-1-2-7-10(16-4-15-7)9(5)6-3-8(12)14-13-6/h1-3H,4H2,(H3,12,13,14). The van der Waals surface area contributed by atoms with E-state index in [0.29, 0.717) is 28.0 Å². The first kappa shape index (κ1) is 9.35. The quantitative estimate of drug-likeness (QED) is 0.796. The average Bonchev–Trinajstić information content (AvgIpc) is 2.86. The third-order valence-electron chi connectivity index (χ3n) is 2.36. The lowest BCUT2D eigenvalue weighted by Crippen LogP contribution is -1.93. The number of aromatic nitrogens is 2. The van der Waals surface area contributed by atoms with Crippen LogP contribution in [0, 0.1) is 0 Å². The first-order valence-corrected chi connectivity index (χ1v) is 5.03. The second-order valence-corrected chi connectivity index (χ2v) is 3.77. The van der Waals surface area contributed by atoms with E-state index in [2.05, 4.69) is 10.2 Å². The Morgan fingerprint density at radius 1 is 1.38 bits per heavy atom. The van der Waals surface area contributed by atoms with Crippen molar-refractivity contribution >= 4 is 17.4 Å². The fourth-order valence-electron chi connectivity index (χ4n) is 1.66. The summed E-state index contributed by atoms with van der Waals surface area (Å²) < 4.78 is 10.7. The number of hydrogen-bond acceptors (Lipinski definition) is 4. The van der Waals surface area contributed by atoms with Crippen LogP contribution in [-0.2, 0) is 0 Å². The number of benzene rings is 1. The molecule has 0 aliphatic carbocycles. The zero-order chi connectivity index (χ0) is 11.1. The predicted octanol–water partition coefficient (Wildman–Crippen LogP) is 2.04. The van der Waals surface area contributed by atoms with Crippen molar-refractivity contribution < 1.29 is 9.47 Å². The zero-order valence-corrected chi connectivity index (χ0v) is 8.91. The summed E-state index contributed by atoms with van der Waals surface area (Å²) in [6, 6.07) is 5.22. The molecule has 6 heteroatoms. The molecular weight excluding hydrogens is 230 g/mol. The minimum absolute atomic E-state index is 0.201. The van der Waals surface area contributed by atoms with Crippen molar-refractivity contribution in [2.24, 2.45) is 0 Å². The Morgan fingerprint density at radius 3 is 3.00 bits per heavy atom. The van der Waals surface area contributed by atoms with Gasteiger partial charge >= 0.3 is 0 Å². The number of hydrogen-bond donors (Lipinski definition) is 2. The van der Waals surface area contributed by atoms with Crippen molar-refractivity contribution in [3.05, 3.63) is 23.2 Å². The summed E-state index contributed by atoms with van der Waals surface area (Å²) in [7, 11) is 0. The maximum Gasteiger partial charge on any atom is 0.231 e. The molecule has 0 bridgehead atoms. The molecule has 0 spiro atoms. The number of ether oxygens (including phenoxy) is 2. The molecule has 1 aliphatic heterocycles. The Labute approximate surface area is 96.1 Å². The molecule has 3 rings (SSSR count). The van der Waals surface area contributed by atoms with Crippen LogP contribution in [0.1, 0.15) is 0 Å². The number of aromatic amines is 1. The number of nitrogens with zero attached hydrogens (tertiary/aromatic N) is 1. The van der Waals surface area contributed by atoms with Crippen LogP contribution in [0.2, 0.25) is 5.02 Å². The highest BCUT2D eigenvalue weighted by atomic mass is 35.5. The second-order valence-electron chi connectivity index (χ2n) is 3.36. The Hall–Kier alpha value is -1.88. The highest BCUT2D eigenvalue weighted by Crippen LogP contribution is 2.44. The molecule has 82 valence electrons. The zero-order valence-electron chi connectivity index (χ0n) is 8.16. The average molecular weight is 238 g/mol. The van der Waals surface area contributed by atoms with Crippen molar-refractivity contribution in [2.75, 3.05) is 12.5 Å². The minimum Gasteiger partial charge on any atom is -0.454 e. The summed E-state index contributed by atoms with van der Waals surface area (Å²) in [6.45, 7) is 0.201. The first-order valence-electron chi connectivity index (χ1n) is 4.65. The summed E-state index contributed by atoms with van der Waals surface area (Å²) in [6.07, 6.45) is 0. The number of halogens is 1. The summed E-state index contributed by atoms with van der Waals surface area (Å²) in [5.74, 6) is 1.70. The van der Waals surface area contributed by atoms with Gasteiger partial charge in [-0.05, 0) is 12.1 Å². The summed E-state index contributed by atoms with van der Waals surface area (Å²) in [5.41, 5.74) is 6.99. The Bertz CT molecular complexity index is 553. The van der Waals surface area contributed by atoms with Crippen molar-refractivity contribution in [1.82, 2.24) is 10.2 Å². The first-order chi connectivity index (χ1) is 7.75. The van der Waals surface area contributed by atoms with Gasteiger partial charge in [-0.2, -0.15) is 5.10 Å². The van der Waals surface area contributed by atoms with Gasteiger partial charge in [0.25, 0.3) is 0 Å². The number of fused-ring (bicyclic) bond motifs is 1. The molecule has 2 aromatic rings. The summed E-state index contributed by atoms with van der Waals surface area (Å²) >= 11 is 6.13. The molecule has 1 aromatic heterocycles. The number of H-pyrrole nitrogens is 1. The van der Waals surface area contributed by atoms with Crippen LogP contribution >= 0.6 is 11.6 Å². The maximum atomic E-state index is 6.13. The van der Waals surface area contributed by atoms with Gasteiger partial charge in [0.15, 0.2) is 11.5 Å². The molecule has 0 radical (unpaired) electrons. The van der Waals surface area contributed by atoms with E-state index in [9.17, 15) is 0 Å². The normalized spacial score (nSPS) is 13.1. The summed E-state index contributed by atoms with van der Waals surface area (Å²) in [5, 5.41) is 7.22. The van der Waals surface area contributed by atoms with Gasteiger partial charge in [0.05, 0.1) is 16.3 Å². The fourth-order valence-corrected chi connectivity index (χ4v) is 1.92. The van der Waals surface area contributed by atoms with Crippen LogP contribution in [-0.4, -0.2) is 17.0 Å². The third kappa shape index (κ3) is 1.29. The van der Waals surface area contributed by atoms with E-state index in [4.69, 9.17) is 26.8 Å². The van der Waals surface area contributed by atoms with E-state index in [-0.39, 0.29) is 6.79 Å². The van der Waals surface area contributed by atoms with Gasteiger partial charge in [-0.25, -0.2) is 0 Å². The largest absolute Gasteiger partial charge is 0.454 e. The molecule has 0 amide bonds. The van der Waals surface area contributed by atoms with Gasteiger partial charge in [0.2, 0.25) is 6.79 Å². The molecule has 0 atom stereocenters. The van der Waals surface area contributed by atoms with Gasteiger partial charge in [0, 0.05) is 6.07 Å². The number of anilines is 1. The van der Waals surface area contributed by atoms with Gasteiger partial charge in [-0.3, -0.25) is 5.10 Å². The molecule has 1 aliphatic rings. The Balaban J connectivity index is 2.23. The van der Waals surface area contributed by atoms with Crippen molar-refractivity contribution in [3.63, 3.8) is 0 Å².